The van der Waals surface area contributed by atoms with Crippen molar-refractivity contribution in [2.24, 2.45) is 0 Å². The molecule has 1 saturated carbocycles. The molecule has 1 aliphatic heterocycles. The molecule has 1 atom stereocenters. The van der Waals surface area contributed by atoms with Gasteiger partial charge in [0.15, 0.2) is 5.82 Å². The zero-order valence-corrected chi connectivity index (χ0v) is 14.2. The highest BCUT2D eigenvalue weighted by Crippen LogP contribution is 2.39. The van der Waals surface area contributed by atoms with Crippen LogP contribution < -0.4 is 0 Å². The van der Waals surface area contributed by atoms with E-state index < -0.39 is 0 Å². The van der Waals surface area contributed by atoms with Crippen molar-refractivity contribution < 1.29 is 9.32 Å². The second-order valence-electron chi connectivity index (χ2n) is 7.22. The molecule has 2 fully saturated rings. The lowest BCUT2D eigenvalue weighted by Crippen LogP contribution is -2.39. The summed E-state index contributed by atoms with van der Waals surface area (Å²) >= 11 is 0. The first-order valence-corrected chi connectivity index (χ1v) is 8.80. The molecule has 3 heterocycles. The molecule has 128 valence electrons. The van der Waals surface area contributed by atoms with E-state index >= 15 is 0 Å². The average Bonchev–Trinajstić information content (AvgIpc) is 3.13. The molecule has 0 radical (unpaired) electrons. The Morgan fingerprint density at radius 1 is 1.33 bits per heavy atom. The SMILES string of the molecule is CC(C)c1nc([C@@H]2CCCN(C(=O)c3cc(C4CC4)[nH]n3)C2)no1. The number of carbonyl (C=O) groups is 1. The number of H-pyrrole nitrogens is 1. The van der Waals surface area contributed by atoms with Crippen LogP contribution in [-0.2, 0) is 0 Å². The third-order valence-corrected chi connectivity index (χ3v) is 4.86. The van der Waals surface area contributed by atoms with Crippen LogP contribution in [0.25, 0.3) is 0 Å². The molecule has 7 nitrogen and oxygen atoms in total. The molecule has 1 N–H and O–H groups in total. The highest BCUT2D eigenvalue weighted by atomic mass is 16.5. The molecule has 2 aliphatic rings. The van der Waals surface area contributed by atoms with E-state index in [1.165, 1.54) is 12.8 Å². The standard InChI is InChI=1S/C17H23N5O2/c1-10(2)16-18-15(21-24-16)12-4-3-7-22(9-12)17(23)14-8-13(19-20-14)11-5-6-11/h8,10-12H,3-7,9H2,1-2H3,(H,19,20)/t12-/m1/s1. The lowest BCUT2D eigenvalue weighted by Gasteiger charge is -2.30. The number of piperidine rings is 1. The van der Waals surface area contributed by atoms with E-state index in [9.17, 15) is 4.79 Å². The van der Waals surface area contributed by atoms with Crippen molar-refractivity contribution in [3.8, 4) is 0 Å². The Kier molecular flexibility index (Phi) is 3.86. The van der Waals surface area contributed by atoms with Gasteiger partial charge in [0.25, 0.3) is 5.91 Å². The van der Waals surface area contributed by atoms with Gasteiger partial charge >= 0.3 is 0 Å². The number of amides is 1. The van der Waals surface area contributed by atoms with Crippen LogP contribution in [0, 0.1) is 0 Å². The summed E-state index contributed by atoms with van der Waals surface area (Å²) < 4.78 is 5.31. The molecule has 1 aliphatic carbocycles. The Morgan fingerprint density at radius 3 is 2.88 bits per heavy atom. The van der Waals surface area contributed by atoms with E-state index in [2.05, 4.69) is 20.3 Å². The molecule has 0 spiro atoms. The van der Waals surface area contributed by atoms with E-state index in [-0.39, 0.29) is 17.7 Å². The summed E-state index contributed by atoms with van der Waals surface area (Å²) in [5, 5.41) is 11.3. The fraction of sp³-hybridized carbons (Fsp3) is 0.647. The minimum atomic E-state index is -0.00423. The summed E-state index contributed by atoms with van der Waals surface area (Å²) in [6.45, 7) is 5.45. The van der Waals surface area contributed by atoms with E-state index in [4.69, 9.17) is 4.52 Å². The van der Waals surface area contributed by atoms with E-state index in [1.807, 2.05) is 24.8 Å². The lowest BCUT2D eigenvalue weighted by atomic mass is 9.97. The Hall–Kier alpha value is -2.18. The number of likely N-dealkylation sites (tertiary alicyclic amines) is 1. The minimum absolute atomic E-state index is 0.00423. The number of aromatic nitrogens is 4. The van der Waals surface area contributed by atoms with Crippen LogP contribution in [0.3, 0.4) is 0 Å². The number of carbonyl (C=O) groups excluding carboxylic acids is 1. The Labute approximate surface area is 140 Å². The van der Waals surface area contributed by atoms with Gasteiger partial charge in [-0.25, -0.2) is 0 Å². The average molecular weight is 329 g/mol. The van der Waals surface area contributed by atoms with E-state index in [0.29, 0.717) is 24.0 Å². The van der Waals surface area contributed by atoms with Crippen LogP contribution in [0.4, 0.5) is 0 Å². The first-order chi connectivity index (χ1) is 11.6. The largest absolute Gasteiger partial charge is 0.339 e. The van der Waals surface area contributed by atoms with Crippen molar-refractivity contribution in [1.82, 2.24) is 25.2 Å². The van der Waals surface area contributed by atoms with Gasteiger partial charge in [-0.2, -0.15) is 10.1 Å². The van der Waals surface area contributed by atoms with Gasteiger partial charge in [-0.05, 0) is 31.7 Å². The van der Waals surface area contributed by atoms with Crippen molar-refractivity contribution in [2.45, 2.75) is 57.3 Å². The van der Waals surface area contributed by atoms with Gasteiger partial charge in [0.05, 0.1) is 0 Å². The smallest absolute Gasteiger partial charge is 0.274 e. The van der Waals surface area contributed by atoms with Crippen molar-refractivity contribution >= 4 is 5.91 Å². The molecule has 0 bridgehead atoms. The van der Waals surface area contributed by atoms with Crippen LogP contribution in [0.1, 0.15) is 85.2 Å². The molecule has 0 unspecified atom stereocenters. The van der Waals surface area contributed by atoms with Gasteiger partial charge in [0.2, 0.25) is 5.89 Å². The highest BCUT2D eigenvalue weighted by molar-refractivity contribution is 5.92. The van der Waals surface area contributed by atoms with Crippen molar-refractivity contribution in [1.29, 1.82) is 0 Å². The van der Waals surface area contributed by atoms with Gasteiger partial charge in [0, 0.05) is 36.5 Å². The third kappa shape index (κ3) is 2.95. The number of nitrogens with zero attached hydrogens (tertiary/aromatic N) is 4. The second kappa shape index (κ2) is 6.03. The van der Waals surface area contributed by atoms with Gasteiger partial charge in [0.1, 0.15) is 5.69 Å². The van der Waals surface area contributed by atoms with Gasteiger partial charge in [-0.3, -0.25) is 9.89 Å². The van der Waals surface area contributed by atoms with Gasteiger partial charge < -0.3 is 9.42 Å². The fourth-order valence-electron chi connectivity index (χ4n) is 3.23. The lowest BCUT2D eigenvalue weighted by molar-refractivity contribution is 0.0697. The number of aromatic amines is 1. The third-order valence-electron chi connectivity index (χ3n) is 4.86. The van der Waals surface area contributed by atoms with Crippen LogP contribution >= 0.6 is 0 Å². The Morgan fingerprint density at radius 2 is 2.17 bits per heavy atom. The summed E-state index contributed by atoms with van der Waals surface area (Å²) in [5.74, 6) is 2.31. The molecule has 24 heavy (non-hydrogen) atoms. The molecule has 2 aromatic rings. The Balaban J connectivity index is 1.45. The fourth-order valence-corrected chi connectivity index (χ4v) is 3.23. The number of nitrogens with one attached hydrogen (secondary N) is 1. The summed E-state index contributed by atoms with van der Waals surface area (Å²) in [5.41, 5.74) is 1.61. The zero-order valence-electron chi connectivity index (χ0n) is 14.2. The number of hydrogen-bond donors (Lipinski definition) is 1. The maximum absolute atomic E-state index is 12.7. The van der Waals surface area contributed by atoms with E-state index in [0.717, 1.165) is 30.9 Å². The van der Waals surface area contributed by atoms with Crippen LogP contribution in [-0.4, -0.2) is 44.2 Å². The van der Waals surface area contributed by atoms with Gasteiger partial charge in [-0.1, -0.05) is 19.0 Å². The minimum Gasteiger partial charge on any atom is -0.339 e. The molecule has 2 aromatic heterocycles. The number of rotatable bonds is 4. The quantitative estimate of drug-likeness (QED) is 0.932. The predicted octanol–water partition coefficient (Wildman–Crippen LogP) is 2.81. The first kappa shape index (κ1) is 15.4. The topological polar surface area (TPSA) is 87.9 Å². The first-order valence-electron chi connectivity index (χ1n) is 8.80. The Bertz CT molecular complexity index is 731. The van der Waals surface area contributed by atoms with Crippen molar-refractivity contribution in [2.75, 3.05) is 13.1 Å². The summed E-state index contributed by atoms with van der Waals surface area (Å²) in [4.78, 5) is 19.1. The number of hydrogen-bond acceptors (Lipinski definition) is 5. The monoisotopic (exact) mass is 329 g/mol. The summed E-state index contributed by atoms with van der Waals surface area (Å²) in [7, 11) is 0. The van der Waals surface area contributed by atoms with Crippen LogP contribution in [0.5, 0.6) is 0 Å². The maximum Gasteiger partial charge on any atom is 0.274 e. The molecule has 7 heteroatoms. The van der Waals surface area contributed by atoms with E-state index in [1.54, 1.807) is 0 Å². The highest BCUT2D eigenvalue weighted by Gasteiger charge is 2.31. The second-order valence-corrected chi connectivity index (χ2v) is 7.22. The maximum atomic E-state index is 12.7. The van der Waals surface area contributed by atoms with Crippen LogP contribution in [0.2, 0.25) is 0 Å². The summed E-state index contributed by atoms with van der Waals surface area (Å²) in [6, 6.07) is 1.91. The van der Waals surface area contributed by atoms with Gasteiger partial charge in [-0.15, -0.1) is 0 Å². The molecule has 1 amide bonds. The normalized spacial score (nSPS) is 21.5. The molecule has 1 saturated heterocycles. The van der Waals surface area contributed by atoms with Crippen molar-refractivity contribution in [3.05, 3.63) is 29.2 Å². The zero-order chi connectivity index (χ0) is 16.7. The molecular weight excluding hydrogens is 306 g/mol. The van der Waals surface area contributed by atoms with Crippen molar-refractivity contribution in [3.63, 3.8) is 0 Å². The predicted molar refractivity (Wildman–Crippen MR) is 86.8 cm³/mol. The molecular formula is C17H23N5O2. The molecule has 4 rings (SSSR count). The summed E-state index contributed by atoms with van der Waals surface area (Å²) in [6.07, 6.45) is 4.31. The van der Waals surface area contributed by atoms with Crippen LogP contribution in [0.15, 0.2) is 10.6 Å². The molecule has 0 aromatic carbocycles.